The summed E-state index contributed by atoms with van der Waals surface area (Å²) in [5.41, 5.74) is -0.308. The van der Waals surface area contributed by atoms with Crippen LogP contribution in [0.4, 0.5) is 14.5 Å². The molecule has 0 aliphatic heterocycles. The highest BCUT2D eigenvalue weighted by atomic mass is 35.5. The van der Waals surface area contributed by atoms with Gasteiger partial charge in [0.15, 0.2) is 6.10 Å². The van der Waals surface area contributed by atoms with E-state index in [4.69, 9.17) is 16.3 Å². The van der Waals surface area contributed by atoms with E-state index in [-0.39, 0.29) is 11.4 Å². The summed E-state index contributed by atoms with van der Waals surface area (Å²) in [6.45, 7) is 1.36. The van der Waals surface area contributed by atoms with Crippen molar-refractivity contribution in [3.8, 4) is 0 Å². The molecule has 9 heteroatoms. The number of halogens is 3. The normalized spacial score (nSPS) is 11.8. The number of nitrogens with one attached hydrogen (secondary N) is 1. The van der Waals surface area contributed by atoms with Gasteiger partial charge in [0.2, 0.25) is 0 Å². The minimum Gasteiger partial charge on any atom is -0.452 e. The molecule has 1 amide bonds. The molecule has 0 radical (unpaired) electrons. The van der Waals surface area contributed by atoms with Gasteiger partial charge in [-0.05, 0) is 31.2 Å². The third kappa shape index (κ3) is 6.30. The van der Waals surface area contributed by atoms with Gasteiger partial charge >= 0.3 is 5.97 Å². The number of rotatable bonds is 7. The van der Waals surface area contributed by atoms with Gasteiger partial charge in [-0.25, -0.2) is 8.78 Å². The van der Waals surface area contributed by atoms with Gasteiger partial charge in [0.1, 0.15) is 11.6 Å². The average molecular weight is 406 g/mol. The molecule has 134 valence electrons. The third-order valence-corrected chi connectivity index (χ3v) is 5.33. The Morgan fingerprint density at radius 3 is 2.76 bits per heavy atom. The SMILES string of the molecule is C[C@@H](OC(=O)CSCc1ccc(Cl)s1)C(=O)Nc1cc(F)ccc1F. The van der Waals surface area contributed by atoms with Gasteiger partial charge in [-0.2, -0.15) is 0 Å². The first-order valence-electron chi connectivity index (χ1n) is 7.12. The fourth-order valence-electron chi connectivity index (χ4n) is 1.78. The van der Waals surface area contributed by atoms with Crippen LogP contribution in [-0.4, -0.2) is 23.7 Å². The molecule has 1 N–H and O–H groups in total. The Morgan fingerprint density at radius 1 is 1.32 bits per heavy atom. The Labute approximate surface area is 156 Å². The van der Waals surface area contributed by atoms with Crippen molar-refractivity contribution in [2.24, 2.45) is 0 Å². The molecule has 0 aliphatic carbocycles. The van der Waals surface area contributed by atoms with Gasteiger partial charge in [0, 0.05) is 16.7 Å². The van der Waals surface area contributed by atoms with Crippen LogP contribution in [0.5, 0.6) is 0 Å². The number of anilines is 1. The fraction of sp³-hybridized carbons (Fsp3) is 0.250. The topological polar surface area (TPSA) is 55.4 Å². The quantitative estimate of drug-likeness (QED) is 0.690. The fourth-order valence-corrected chi connectivity index (χ4v) is 3.78. The zero-order valence-corrected chi connectivity index (χ0v) is 15.4. The second-order valence-electron chi connectivity index (χ2n) is 4.94. The highest BCUT2D eigenvalue weighted by molar-refractivity contribution is 7.99. The zero-order chi connectivity index (χ0) is 18.4. The lowest BCUT2D eigenvalue weighted by molar-refractivity contribution is -0.150. The van der Waals surface area contributed by atoms with Gasteiger partial charge in [-0.15, -0.1) is 23.1 Å². The summed E-state index contributed by atoms with van der Waals surface area (Å²) in [5.74, 6) is -2.13. The minimum atomic E-state index is -1.13. The van der Waals surface area contributed by atoms with E-state index in [9.17, 15) is 18.4 Å². The highest BCUT2D eigenvalue weighted by Crippen LogP contribution is 2.25. The van der Waals surface area contributed by atoms with Gasteiger partial charge < -0.3 is 10.1 Å². The molecular formula is C16H14ClF2NO3S2. The van der Waals surface area contributed by atoms with Crippen LogP contribution in [0.15, 0.2) is 30.3 Å². The molecule has 1 heterocycles. The number of esters is 1. The Hall–Kier alpha value is -1.64. The number of hydrogen-bond donors (Lipinski definition) is 1. The van der Waals surface area contributed by atoms with Crippen LogP contribution in [0.3, 0.4) is 0 Å². The Bertz CT molecular complexity index is 770. The molecule has 0 fully saturated rings. The molecule has 0 saturated heterocycles. The van der Waals surface area contributed by atoms with Crippen molar-refractivity contribution >= 4 is 52.3 Å². The second-order valence-corrected chi connectivity index (χ2v) is 7.73. The lowest BCUT2D eigenvalue weighted by atomic mass is 10.2. The third-order valence-electron chi connectivity index (χ3n) is 2.96. The minimum absolute atomic E-state index is 0.0570. The molecule has 0 unspecified atom stereocenters. The van der Waals surface area contributed by atoms with E-state index in [1.165, 1.54) is 30.0 Å². The standard InChI is InChI=1S/C16H14ClF2NO3S2/c1-9(16(22)20-13-6-10(18)2-4-12(13)19)23-15(21)8-24-7-11-3-5-14(17)25-11/h2-6,9H,7-8H2,1H3,(H,20,22)/t9-/m1/s1. The molecular weight excluding hydrogens is 392 g/mol. The number of benzene rings is 1. The van der Waals surface area contributed by atoms with Crippen molar-refractivity contribution in [3.05, 3.63) is 51.2 Å². The monoisotopic (exact) mass is 405 g/mol. The number of hydrogen-bond acceptors (Lipinski definition) is 5. The van der Waals surface area contributed by atoms with Crippen molar-refractivity contribution in [1.82, 2.24) is 0 Å². The summed E-state index contributed by atoms with van der Waals surface area (Å²) in [5, 5.41) is 2.19. The summed E-state index contributed by atoms with van der Waals surface area (Å²) < 4.78 is 32.2. The van der Waals surface area contributed by atoms with Gasteiger partial charge in [0.05, 0.1) is 15.8 Å². The van der Waals surface area contributed by atoms with Crippen molar-refractivity contribution in [3.63, 3.8) is 0 Å². The summed E-state index contributed by atoms with van der Waals surface area (Å²) in [6, 6.07) is 6.33. The maximum atomic E-state index is 13.5. The number of amides is 1. The largest absolute Gasteiger partial charge is 0.452 e. The maximum Gasteiger partial charge on any atom is 0.316 e. The molecule has 1 aromatic heterocycles. The molecule has 0 aliphatic rings. The van der Waals surface area contributed by atoms with E-state index in [1.54, 1.807) is 6.07 Å². The number of carbonyl (C=O) groups excluding carboxylic acids is 2. The predicted molar refractivity (Wildman–Crippen MR) is 96.0 cm³/mol. The summed E-state index contributed by atoms with van der Waals surface area (Å²) in [4.78, 5) is 24.7. The summed E-state index contributed by atoms with van der Waals surface area (Å²) in [7, 11) is 0. The van der Waals surface area contributed by atoms with Crippen LogP contribution in [0.2, 0.25) is 4.34 Å². The smallest absolute Gasteiger partial charge is 0.316 e. The first kappa shape index (κ1) is 19.7. The molecule has 4 nitrogen and oxygen atoms in total. The Kier molecular flexibility index (Phi) is 7.22. The summed E-state index contributed by atoms with van der Waals surface area (Å²) >= 11 is 8.57. The number of carbonyl (C=O) groups is 2. The number of thiophene rings is 1. The van der Waals surface area contributed by atoms with E-state index in [0.29, 0.717) is 10.1 Å². The van der Waals surface area contributed by atoms with E-state index in [2.05, 4.69) is 5.32 Å². The molecule has 2 rings (SSSR count). The first-order valence-corrected chi connectivity index (χ1v) is 9.47. The van der Waals surface area contributed by atoms with Crippen LogP contribution in [0.1, 0.15) is 11.8 Å². The van der Waals surface area contributed by atoms with Crippen LogP contribution in [0.25, 0.3) is 0 Å². The van der Waals surface area contributed by atoms with Crippen molar-refractivity contribution < 1.29 is 23.1 Å². The van der Waals surface area contributed by atoms with Crippen molar-refractivity contribution in [2.45, 2.75) is 18.8 Å². The Morgan fingerprint density at radius 2 is 2.08 bits per heavy atom. The van der Waals surface area contributed by atoms with Crippen molar-refractivity contribution in [2.75, 3.05) is 11.1 Å². The average Bonchev–Trinajstić information content (AvgIpc) is 2.96. The van der Waals surface area contributed by atoms with E-state index in [1.807, 2.05) is 6.07 Å². The van der Waals surface area contributed by atoms with Crippen LogP contribution in [-0.2, 0) is 20.1 Å². The van der Waals surface area contributed by atoms with Gasteiger partial charge in [-0.1, -0.05) is 11.6 Å². The Balaban J connectivity index is 1.77. The van der Waals surface area contributed by atoms with Crippen LogP contribution in [0, 0.1) is 11.6 Å². The molecule has 1 atom stereocenters. The number of ether oxygens (including phenoxy) is 1. The lowest BCUT2D eigenvalue weighted by Crippen LogP contribution is -2.30. The molecule has 2 aromatic rings. The molecule has 0 spiro atoms. The van der Waals surface area contributed by atoms with E-state index in [0.717, 1.165) is 23.1 Å². The number of thioether (sulfide) groups is 1. The maximum absolute atomic E-state index is 13.5. The molecule has 1 aromatic carbocycles. The van der Waals surface area contributed by atoms with Crippen LogP contribution < -0.4 is 5.32 Å². The van der Waals surface area contributed by atoms with E-state index < -0.39 is 29.6 Å². The zero-order valence-electron chi connectivity index (χ0n) is 13.1. The van der Waals surface area contributed by atoms with E-state index >= 15 is 0 Å². The highest BCUT2D eigenvalue weighted by Gasteiger charge is 2.19. The van der Waals surface area contributed by atoms with Gasteiger partial charge in [-0.3, -0.25) is 9.59 Å². The molecule has 0 bridgehead atoms. The molecule has 0 saturated carbocycles. The predicted octanol–water partition coefficient (Wildman–Crippen LogP) is 4.48. The summed E-state index contributed by atoms with van der Waals surface area (Å²) in [6.07, 6.45) is -1.13. The van der Waals surface area contributed by atoms with Crippen molar-refractivity contribution in [1.29, 1.82) is 0 Å². The molecule has 25 heavy (non-hydrogen) atoms. The van der Waals surface area contributed by atoms with Crippen LogP contribution >= 0.6 is 34.7 Å². The second kappa shape index (κ2) is 9.17. The first-order chi connectivity index (χ1) is 11.8. The van der Waals surface area contributed by atoms with Gasteiger partial charge in [0.25, 0.3) is 5.91 Å². The lowest BCUT2D eigenvalue weighted by Gasteiger charge is -2.13.